The van der Waals surface area contributed by atoms with E-state index >= 15 is 0 Å². The minimum atomic E-state index is -0.250. The third-order valence-electron chi connectivity index (χ3n) is 3.60. The van der Waals surface area contributed by atoms with Crippen molar-refractivity contribution < 1.29 is 14.3 Å². The van der Waals surface area contributed by atoms with E-state index in [1.54, 1.807) is 4.68 Å². The molecular weight excluding hydrogens is 425 g/mol. The molecule has 24 heavy (non-hydrogen) atoms. The maximum Gasteiger partial charge on any atom is 0.307 e. The van der Waals surface area contributed by atoms with Crippen LogP contribution in [-0.4, -0.2) is 66.5 Å². The first-order valence-corrected chi connectivity index (χ1v) is 7.84. The van der Waals surface area contributed by atoms with Gasteiger partial charge in [-0.05, 0) is 6.92 Å². The molecule has 1 atom stereocenters. The summed E-state index contributed by atoms with van der Waals surface area (Å²) in [6.45, 7) is 5.29. The van der Waals surface area contributed by atoms with Crippen LogP contribution < -0.4 is 5.32 Å². The van der Waals surface area contributed by atoms with Crippen molar-refractivity contribution in [1.82, 2.24) is 20.0 Å². The Bertz CT molecular complexity index is 549. The fraction of sp³-hybridized carbons (Fsp3) is 0.667. The predicted molar refractivity (Wildman–Crippen MR) is 102 cm³/mol. The summed E-state index contributed by atoms with van der Waals surface area (Å²) in [4.78, 5) is 17.9. The average Bonchev–Trinajstić information content (AvgIpc) is 3.00. The molecule has 9 heteroatoms. The lowest BCUT2D eigenvalue weighted by molar-refractivity contribution is -0.140. The normalized spacial score (nSPS) is 18.0. The Morgan fingerprint density at radius 2 is 2.38 bits per heavy atom. The molecular formula is C15H26IN5O3. The number of nitrogens with one attached hydrogen (secondary N) is 1. The third-order valence-corrected chi connectivity index (χ3v) is 3.60. The number of methoxy groups -OCH3 is 1. The Hall–Kier alpha value is -1.36. The van der Waals surface area contributed by atoms with E-state index in [2.05, 4.69) is 25.0 Å². The summed E-state index contributed by atoms with van der Waals surface area (Å²) in [5, 5.41) is 7.47. The van der Waals surface area contributed by atoms with Crippen LogP contribution in [0.2, 0.25) is 0 Å². The summed E-state index contributed by atoms with van der Waals surface area (Å²) in [5.41, 5.74) is 1.06. The fourth-order valence-corrected chi connectivity index (χ4v) is 2.43. The lowest BCUT2D eigenvalue weighted by atomic mass is 10.1. The molecule has 0 radical (unpaired) electrons. The molecule has 1 saturated heterocycles. The molecule has 1 aromatic rings. The van der Waals surface area contributed by atoms with Crippen LogP contribution in [0.15, 0.2) is 17.4 Å². The molecule has 1 fully saturated rings. The number of esters is 1. The molecule has 0 aliphatic carbocycles. The molecule has 0 saturated carbocycles. The van der Waals surface area contributed by atoms with Gasteiger partial charge in [-0.15, -0.1) is 24.0 Å². The van der Waals surface area contributed by atoms with Gasteiger partial charge in [-0.2, -0.15) is 5.10 Å². The van der Waals surface area contributed by atoms with Crippen molar-refractivity contribution in [2.24, 2.45) is 12.0 Å². The van der Waals surface area contributed by atoms with E-state index in [1.807, 2.05) is 26.4 Å². The Morgan fingerprint density at radius 1 is 1.58 bits per heavy atom. The number of carbonyl (C=O) groups excluding carboxylic acids is 1. The molecule has 1 unspecified atom stereocenters. The number of aromatic nitrogens is 2. The number of halogens is 1. The van der Waals surface area contributed by atoms with Crippen molar-refractivity contribution in [3.05, 3.63) is 18.0 Å². The van der Waals surface area contributed by atoms with Crippen LogP contribution in [0.4, 0.5) is 0 Å². The van der Waals surface area contributed by atoms with Crippen LogP contribution in [0.3, 0.4) is 0 Å². The number of carbonyl (C=O) groups is 1. The second kappa shape index (κ2) is 10.5. The van der Waals surface area contributed by atoms with Gasteiger partial charge >= 0.3 is 5.97 Å². The predicted octanol–water partition coefficient (Wildman–Crippen LogP) is 0.940. The Morgan fingerprint density at radius 3 is 3.00 bits per heavy atom. The number of guanidine groups is 1. The minimum absolute atomic E-state index is 0. The molecule has 2 rings (SSSR count). The van der Waals surface area contributed by atoms with Gasteiger partial charge in [0.2, 0.25) is 0 Å². The summed E-state index contributed by atoms with van der Waals surface area (Å²) in [6.07, 6.45) is 4.05. The highest BCUT2D eigenvalue weighted by Gasteiger charge is 2.25. The molecule has 0 spiro atoms. The highest BCUT2D eigenvalue weighted by molar-refractivity contribution is 14.0. The van der Waals surface area contributed by atoms with Crippen molar-refractivity contribution in [3.63, 3.8) is 0 Å². The van der Waals surface area contributed by atoms with Gasteiger partial charge in [-0.25, -0.2) is 0 Å². The second-order valence-corrected chi connectivity index (χ2v) is 5.31. The van der Waals surface area contributed by atoms with E-state index in [-0.39, 0.29) is 42.5 Å². The summed E-state index contributed by atoms with van der Waals surface area (Å²) >= 11 is 0. The van der Waals surface area contributed by atoms with Gasteiger partial charge < -0.3 is 19.7 Å². The molecule has 136 valence electrons. The van der Waals surface area contributed by atoms with Gasteiger partial charge in [-0.1, -0.05) is 0 Å². The zero-order valence-electron chi connectivity index (χ0n) is 14.4. The van der Waals surface area contributed by atoms with Crippen molar-refractivity contribution >= 4 is 35.9 Å². The highest BCUT2D eigenvalue weighted by atomic mass is 127. The van der Waals surface area contributed by atoms with Gasteiger partial charge in [0.1, 0.15) is 6.10 Å². The minimum Gasteiger partial charge on any atom is -0.469 e. The first kappa shape index (κ1) is 20.7. The topological polar surface area (TPSA) is 81.0 Å². The number of nitrogens with zero attached hydrogens (tertiary/aromatic N) is 4. The molecule has 1 N–H and O–H groups in total. The first-order valence-electron chi connectivity index (χ1n) is 7.84. The third kappa shape index (κ3) is 5.93. The van der Waals surface area contributed by atoms with Crippen molar-refractivity contribution in [2.75, 3.05) is 39.9 Å². The second-order valence-electron chi connectivity index (χ2n) is 5.31. The van der Waals surface area contributed by atoms with Crippen LogP contribution >= 0.6 is 24.0 Å². The van der Waals surface area contributed by atoms with Gasteiger partial charge in [0.05, 0.1) is 39.4 Å². The molecule has 0 amide bonds. The largest absolute Gasteiger partial charge is 0.469 e. The molecule has 0 bridgehead atoms. The van der Waals surface area contributed by atoms with E-state index in [0.717, 1.165) is 24.6 Å². The lowest BCUT2D eigenvalue weighted by Gasteiger charge is -2.34. The maximum atomic E-state index is 11.2. The molecule has 2 heterocycles. The first-order chi connectivity index (χ1) is 11.1. The van der Waals surface area contributed by atoms with Crippen LogP contribution in [0.1, 0.15) is 25.0 Å². The SMILES string of the molecule is CCNC(=NCCC(=O)OC)N1CCOC(c2cnn(C)c2)C1.I. The van der Waals surface area contributed by atoms with Gasteiger partial charge in [0, 0.05) is 31.9 Å². The van der Waals surface area contributed by atoms with E-state index in [1.165, 1.54) is 7.11 Å². The van der Waals surface area contributed by atoms with E-state index in [0.29, 0.717) is 19.7 Å². The average molecular weight is 451 g/mol. The number of rotatable bonds is 5. The zero-order chi connectivity index (χ0) is 16.7. The monoisotopic (exact) mass is 451 g/mol. The summed E-state index contributed by atoms with van der Waals surface area (Å²) in [7, 11) is 3.28. The van der Waals surface area contributed by atoms with Crippen molar-refractivity contribution in [1.29, 1.82) is 0 Å². The molecule has 1 aliphatic rings. The standard InChI is InChI=1S/C15H25N5O3.HI/c1-4-16-15(17-6-5-14(21)22-3)20-7-8-23-13(11-20)12-9-18-19(2)10-12;/h9-10,13H,4-8,11H2,1-3H3,(H,16,17);1H. The van der Waals surface area contributed by atoms with E-state index in [4.69, 9.17) is 4.74 Å². The van der Waals surface area contributed by atoms with Crippen molar-refractivity contribution in [3.8, 4) is 0 Å². The van der Waals surface area contributed by atoms with Crippen molar-refractivity contribution in [2.45, 2.75) is 19.4 Å². The molecule has 1 aliphatic heterocycles. The maximum absolute atomic E-state index is 11.2. The van der Waals surface area contributed by atoms with Gasteiger partial charge in [-0.3, -0.25) is 14.5 Å². The van der Waals surface area contributed by atoms with Crippen LogP contribution in [0.25, 0.3) is 0 Å². The van der Waals surface area contributed by atoms with Crippen LogP contribution in [0, 0.1) is 0 Å². The summed E-state index contributed by atoms with van der Waals surface area (Å²) in [5.74, 6) is 0.549. The number of ether oxygens (including phenoxy) is 2. The number of hydrogen-bond acceptors (Lipinski definition) is 5. The van der Waals surface area contributed by atoms with Gasteiger partial charge in [0.25, 0.3) is 0 Å². The Kier molecular flexibility index (Phi) is 9.04. The summed E-state index contributed by atoms with van der Waals surface area (Å²) < 4.78 is 12.3. The smallest absolute Gasteiger partial charge is 0.307 e. The number of aliphatic imine (C=N–C) groups is 1. The quantitative estimate of drug-likeness (QED) is 0.311. The fourth-order valence-electron chi connectivity index (χ4n) is 2.43. The van der Waals surface area contributed by atoms with Gasteiger partial charge in [0.15, 0.2) is 5.96 Å². The Labute approximate surface area is 159 Å². The number of hydrogen-bond donors (Lipinski definition) is 1. The van der Waals surface area contributed by atoms with E-state index in [9.17, 15) is 4.79 Å². The number of aryl methyl sites for hydroxylation is 1. The van der Waals surface area contributed by atoms with Crippen LogP contribution in [0.5, 0.6) is 0 Å². The summed E-state index contributed by atoms with van der Waals surface area (Å²) in [6, 6.07) is 0. The Balaban J connectivity index is 0.00000288. The molecule has 1 aromatic heterocycles. The lowest BCUT2D eigenvalue weighted by Crippen LogP contribution is -2.48. The number of morpholine rings is 1. The zero-order valence-corrected chi connectivity index (χ0v) is 16.7. The highest BCUT2D eigenvalue weighted by Crippen LogP contribution is 2.21. The molecule has 8 nitrogen and oxygen atoms in total. The van der Waals surface area contributed by atoms with E-state index < -0.39 is 0 Å². The van der Waals surface area contributed by atoms with Crippen LogP contribution in [-0.2, 0) is 21.3 Å². The molecule has 0 aromatic carbocycles.